The van der Waals surface area contributed by atoms with Crippen molar-refractivity contribution in [3.8, 4) is 0 Å². The molecule has 0 aliphatic rings. The molecule has 0 saturated heterocycles. The van der Waals surface area contributed by atoms with E-state index in [1.54, 1.807) is 0 Å². The van der Waals surface area contributed by atoms with Gasteiger partial charge in [-0.05, 0) is 29.3 Å². The van der Waals surface area contributed by atoms with Gasteiger partial charge in [0.2, 0.25) is 10.0 Å². The molecule has 0 aliphatic heterocycles. The lowest BCUT2D eigenvalue weighted by molar-refractivity contribution is 0.0943. The van der Waals surface area contributed by atoms with Gasteiger partial charge in [-0.2, -0.15) is 0 Å². The summed E-state index contributed by atoms with van der Waals surface area (Å²) in [5.41, 5.74) is 2.44. The van der Waals surface area contributed by atoms with E-state index in [1.807, 2.05) is 60.7 Å². The van der Waals surface area contributed by atoms with E-state index in [0.717, 1.165) is 17.4 Å². The number of sulfonamides is 1. The summed E-state index contributed by atoms with van der Waals surface area (Å²) in [5, 5.41) is 3.17. The topological polar surface area (TPSA) is 75.3 Å². The van der Waals surface area contributed by atoms with E-state index in [0.29, 0.717) is 5.69 Å². The lowest BCUT2D eigenvalue weighted by Gasteiger charge is -2.20. The molecular formula is C21H19ClN2O3S. The molecule has 3 aromatic rings. The van der Waals surface area contributed by atoms with Crippen LogP contribution in [0.4, 0.5) is 5.69 Å². The first-order valence-corrected chi connectivity index (χ1v) is 10.8. The summed E-state index contributed by atoms with van der Waals surface area (Å²) >= 11 is 6.23. The molecule has 2 N–H and O–H groups in total. The van der Waals surface area contributed by atoms with Crippen molar-refractivity contribution in [1.82, 2.24) is 5.32 Å². The highest BCUT2D eigenvalue weighted by atomic mass is 35.5. The lowest BCUT2D eigenvalue weighted by atomic mass is 9.98. The van der Waals surface area contributed by atoms with Gasteiger partial charge in [-0.25, -0.2) is 8.42 Å². The summed E-state index contributed by atoms with van der Waals surface area (Å²) in [6.45, 7) is 0. The molecule has 0 aromatic heterocycles. The molecule has 3 rings (SSSR count). The van der Waals surface area contributed by atoms with Crippen molar-refractivity contribution in [1.29, 1.82) is 0 Å². The number of rotatable bonds is 6. The molecule has 0 spiro atoms. The number of benzene rings is 3. The first kappa shape index (κ1) is 19.9. The molecule has 0 unspecified atom stereocenters. The Morgan fingerprint density at radius 2 is 1.43 bits per heavy atom. The average molecular weight is 415 g/mol. The summed E-state index contributed by atoms with van der Waals surface area (Å²) in [6, 6.07) is 23.3. The summed E-state index contributed by atoms with van der Waals surface area (Å²) in [5.74, 6) is -0.353. The fourth-order valence-corrected chi connectivity index (χ4v) is 3.66. The molecule has 0 aliphatic carbocycles. The molecule has 7 heteroatoms. The van der Waals surface area contributed by atoms with Crippen LogP contribution in [-0.4, -0.2) is 20.6 Å². The van der Waals surface area contributed by atoms with Gasteiger partial charge in [0.15, 0.2) is 0 Å². The van der Waals surface area contributed by atoms with E-state index >= 15 is 0 Å². The first-order valence-electron chi connectivity index (χ1n) is 8.51. The van der Waals surface area contributed by atoms with Crippen LogP contribution in [0.2, 0.25) is 5.02 Å². The van der Waals surface area contributed by atoms with E-state index in [-0.39, 0.29) is 22.5 Å². The van der Waals surface area contributed by atoms with Crippen LogP contribution < -0.4 is 10.0 Å². The van der Waals surface area contributed by atoms with Crippen molar-refractivity contribution in [2.24, 2.45) is 0 Å². The Morgan fingerprint density at radius 3 is 1.89 bits per heavy atom. The quantitative estimate of drug-likeness (QED) is 0.633. The van der Waals surface area contributed by atoms with Gasteiger partial charge < -0.3 is 5.32 Å². The second-order valence-electron chi connectivity index (χ2n) is 6.30. The third-order valence-electron chi connectivity index (χ3n) is 4.06. The van der Waals surface area contributed by atoms with Crippen LogP contribution in [0.1, 0.15) is 27.5 Å². The first-order chi connectivity index (χ1) is 13.3. The summed E-state index contributed by atoms with van der Waals surface area (Å²) < 4.78 is 25.0. The van der Waals surface area contributed by atoms with Gasteiger partial charge in [0.05, 0.1) is 22.9 Å². The van der Waals surface area contributed by atoms with Gasteiger partial charge in [0.25, 0.3) is 5.91 Å². The zero-order chi connectivity index (χ0) is 20.1. The molecule has 0 radical (unpaired) electrons. The predicted molar refractivity (Wildman–Crippen MR) is 112 cm³/mol. The largest absolute Gasteiger partial charge is 0.341 e. The fourth-order valence-electron chi connectivity index (χ4n) is 2.84. The van der Waals surface area contributed by atoms with E-state index in [1.165, 1.54) is 18.2 Å². The zero-order valence-corrected chi connectivity index (χ0v) is 16.7. The molecule has 0 bridgehead atoms. The minimum Gasteiger partial charge on any atom is -0.341 e. The molecule has 28 heavy (non-hydrogen) atoms. The van der Waals surface area contributed by atoms with E-state index < -0.39 is 10.0 Å². The minimum absolute atomic E-state index is 0.158. The van der Waals surface area contributed by atoms with Gasteiger partial charge >= 0.3 is 0 Å². The highest BCUT2D eigenvalue weighted by Gasteiger charge is 2.19. The lowest BCUT2D eigenvalue weighted by Crippen LogP contribution is -2.29. The zero-order valence-electron chi connectivity index (χ0n) is 15.1. The van der Waals surface area contributed by atoms with Crippen molar-refractivity contribution in [3.05, 3.63) is 101 Å². The van der Waals surface area contributed by atoms with Crippen LogP contribution in [0.3, 0.4) is 0 Å². The molecule has 3 aromatic carbocycles. The Kier molecular flexibility index (Phi) is 6.02. The Hall–Kier alpha value is -2.83. The maximum Gasteiger partial charge on any atom is 0.253 e. The van der Waals surface area contributed by atoms with E-state index in [9.17, 15) is 13.2 Å². The monoisotopic (exact) mass is 414 g/mol. The Labute approximate surface area is 169 Å². The Balaban J connectivity index is 1.88. The van der Waals surface area contributed by atoms with Crippen LogP contribution in [0.25, 0.3) is 0 Å². The van der Waals surface area contributed by atoms with E-state index in [2.05, 4.69) is 10.0 Å². The molecule has 5 nitrogen and oxygen atoms in total. The fraction of sp³-hybridized carbons (Fsp3) is 0.0952. The third kappa shape index (κ3) is 5.12. The van der Waals surface area contributed by atoms with Crippen molar-refractivity contribution >= 4 is 33.2 Å². The molecule has 0 fully saturated rings. The van der Waals surface area contributed by atoms with E-state index in [4.69, 9.17) is 11.6 Å². The molecule has 0 heterocycles. The van der Waals surface area contributed by atoms with Gasteiger partial charge in [0, 0.05) is 5.69 Å². The van der Waals surface area contributed by atoms with Crippen molar-refractivity contribution < 1.29 is 13.2 Å². The number of halogens is 1. The van der Waals surface area contributed by atoms with Crippen molar-refractivity contribution in [2.75, 3.05) is 11.0 Å². The second-order valence-corrected chi connectivity index (χ2v) is 8.45. The summed E-state index contributed by atoms with van der Waals surface area (Å²) in [6.07, 6.45) is 1.05. The molecular weight excluding hydrogens is 396 g/mol. The maximum atomic E-state index is 12.9. The Morgan fingerprint density at radius 1 is 0.893 bits per heavy atom. The van der Waals surface area contributed by atoms with Crippen LogP contribution in [0.5, 0.6) is 0 Å². The molecule has 1 amide bonds. The SMILES string of the molecule is CS(=O)(=O)Nc1ccc(C(=O)NC(c2ccccc2)c2ccccc2)c(Cl)c1. The summed E-state index contributed by atoms with van der Waals surface area (Å²) in [4.78, 5) is 12.9. The minimum atomic E-state index is -3.43. The van der Waals surface area contributed by atoms with Gasteiger partial charge in [-0.15, -0.1) is 0 Å². The van der Waals surface area contributed by atoms with Gasteiger partial charge in [-0.3, -0.25) is 9.52 Å². The smallest absolute Gasteiger partial charge is 0.253 e. The Bertz CT molecular complexity index is 1030. The normalized spacial score (nSPS) is 11.2. The molecule has 144 valence electrons. The number of carbonyl (C=O) groups excluding carboxylic acids is 1. The third-order valence-corrected chi connectivity index (χ3v) is 4.98. The number of anilines is 1. The highest BCUT2D eigenvalue weighted by Crippen LogP contribution is 2.25. The highest BCUT2D eigenvalue weighted by molar-refractivity contribution is 7.92. The number of hydrogen-bond donors (Lipinski definition) is 2. The standard InChI is InChI=1S/C21H19ClN2O3S/c1-28(26,27)24-17-12-13-18(19(22)14-17)21(25)23-20(15-8-4-2-5-9-15)16-10-6-3-7-11-16/h2-14,20,24H,1H3,(H,23,25). The van der Waals surface area contributed by atoms with Gasteiger partial charge in [0.1, 0.15) is 0 Å². The van der Waals surface area contributed by atoms with Crippen LogP contribution >= 0.6 is 11.6 Å². The van der Waals surface area contributed by atoms with Crippen LogP contribution in [0.15, 0.2) is 78.9 Å². The maximum absolute atomic E-state index is 12.9. The number of carbonyl (C=O) groups is 1. The van der Waals surface area contributed by atoms with Crippen LogP contribution in [-0.2, 0) is 10.0 Å². The van der Waals surface area contributed by atoms with Crippen molar-refractivity contribution in [3.63, 3.8) is 0 Å². The number of hydrogen-bond acceptors (Lipinski definition) is 3. The van der Waals surface area contributed by atoms with Crippen molar-refractivity contribution in [2.45, 2.75) is 6.04 Å². The van der Waals surface area contributed by atoms with Gasteiger partial charge in [-0.1, -0.05) is 72.3 Å². The summed E-state index contributed by atoms with van der Waals surface area (Å²) in [7, 11) is -3.43. The molecule has 0 atom stereocenters. The second kappa shape index (κ2) is 8.46. The predicted octanol–water partition coefficient (Wildman–Crippen LogP) is 4.23. The number of amides is 1. The molecule has 0 saturated carbocycles. The van der Waals surface area contributed by atoms with Crippen LogP contribution in [0, 0.1) is 0 Å². The number of nitrogens with one attached hydrogen (secondary N) is 2. The average Bonchev–Trinajstić information content (AvgIpc) is 2.66.